The molecule has 3 aliphatic heterocycles. The van der Waals surface area contributed by atoms with Gasteiger partial charge in [0.2, 0.25) is 0 Å². The summed E-state index contributed by atoms with van der Waals surface area (Å²) in [6.07, 6.45) is 0.710. The predicted octanol–water partition coefficient (Wildman–Crippen LogP) is 1.71. The minimum atomic E-state index is -0.435. The van der Waals surface area contributed by atoms with Gasteiger partial charge < -0.3 is 9.31 Å². The van der Waals surface area contributed by atoms with Crippen molar-refractivity contribution in [3.63, 3.8) is 0 Å². The standard InChI is InChI=1S/C19H24BN3O4/c1-18(2)19(3,4)27-20(26-18)13-10-14-11-8-6-7-9-12(11)15(13)23-17(25)21(5)16(24)22(14)23/h6-9,13-15H,10H2,1-5H3. The molecule has 0 saturated carbocycles. The third-order valence-electron chi connectivity index (χ3n) is 6.95. The summed E-state index contributed by atoms with van der Waals surface area (Å²) in [6.45, 7) is 8.14. The number of benzene rings is 1. The highest BCUT2D eigenvalue weighted by molar-refractivity contribution is 6.47. The van der Waals surface area contributed by atoms with Crippen LogP contribution in [0.2, 0.25) is 5.82 Å². The first-order valence-electron chi connectivity index (χ1n) is 9.48. The molecule has 27 heavy (non-hydrogen) atoms. The van der Waals surface area contributed by atoms with E-state index in [1.807, 2.05) is 39.8 Å². The molecule has 2 aromatic rings. The van der Waals surface area contributed by atoms with Crippen molar-refractivity contribution in [1.82, 2.24) is 13.9 Å². The van der Waals surface area contributed by atoms with Crippen LogP contribution in [-0.2, 0) is 16.4 Å². The van der Waals surface area contributed by atoms with Crippen LogP contribution in [0.3, 0.4) is 0 Å². The van der Waals surface area contributed by atoms with Gasteiger partial charge in [-0.25, -0.2) is 23.5 Å². The molecule has 1 aromatic heterocycles. The molecule has 142 valence electrons. The Bertz CT molecular complexity index is 1050. The van der Waals surface area contributed by atoms with Gasteiger partial charge in [0, 0.05) is 12.9 Å². The first-order chi connectivity index (χ1) is 12.6. The summed E-state index contributed by atoms with van der Waals surface area (Å²) < 4.78 is 17.1. The minimum Gasteiger partial charge on any atom is -0.403 e. The summed E-state index contributed by atoms with van der Waals surface area (Å²) in [5.74, 6) is -0.0366. The van der Waals surface area contributed by atoms with Gasteiger partial charge in [0.1, 0.15) is 0 Å². The molecule has 0 N–H and O–H groups in total. The summed E-state index contributed by atoms with van der Waals surface area (Å²) in [6, 6.07) is 7.62. The zero-order chi connectivity index (χ0) is 19.3. The van der Waals surface area contributed by atoms with Crippen LogP contribution in [0.4, 0.5) is 0 Å². The second-order valence-corrected chi connectivity index (χ2v) is 8.93. The third-order valence-corrected chi connectivity index (χ3v) is 6.95. The van der Waals surface area contributed by atoms with Gasteiger partial charge in [-0.3, -0.25) is 0 Å². The summed E-state index contributed by atoms with van der Waals surface area (Å²) >= 11 is 0. The summed E-state index contributed by atoms with van der Waals surface area (Å²) in [5, 5.41) is 0. The number of hydrogen-bond acceptors (Lipinski definition) is 4. The Balaban J connectivity index is 1.69. The quantitative estimate of drug-likeness (QED) is 0.718. The molecule has 1 aliphatic carbocycles. The molecule has 0 amide bonds. The SMILES string of the molecule is Cn1c(=O)n2n(c1=O)C1c3ccccc3C2CC1B1OC(C)(C)C(C)(C)O1. The molecule has 1 aromatic carbocycles. The highest BCUT2D eigenvalue weighted by Crippen LogP contribution is 2.54. The van der Waals surface area contributed by atoms with E-state index in [2.05, 4.69) is 12.1 Å². The Morgan fingerprint density at radius 3 is 2.15 bits per heavy atom. The van der Waals surface area contributed by atoms with E-state index in [0.717, 1.165) is 11.1 Å². The fourth-order valence-corrected chi connectivity index (χ4v) is 4.81. The summed E-state index contributed by atoms with van der Waals surface area (Å²) in [5.41, 5.74) is 0.774. The average Bonchev–Trinajstić information content (AvgIpc) is 2.99. The van der Waals surface area contributed by atoms with Crippen LogP contribution in [0.15, 0.2) is 33.9 Å². The molecule has 4 heterocycles. The van der Waals surface area contributed by atoms with E-state index in [4.69, 9.17) is 9.31 Å². The third kappa shape index (κ3) is 2.00. The highest BCUT2D eigenvalue weighted by atomic mass is 16.7. The molecule has 4 aliphatic rings. The summed E-state index contributed by atoms with van der Waals surface area (Å²) in [7, 11) is 1.11. The van der Waals surface area contributed by atoms with Gasteiger partial charge in [-0.1, -0.05) is 24.3 Å². The van der Waals surface area contributed by atoms with Crippen molar-refractivity contribution in [3.8, 4) is 0 Å². The highest BCUT2D eigenvalue weighted by Gasteiger charge is 2.59. The lowest BCUT2D eigenvalue weighted by molar-refractivity contribution is 0.00578. The molecule has 3 atom stereocenters. The fraction of sp³-hybridized carbons (Fsp3) is 0.579. The van der Waals surface area contributed by atoms with Crippen LogP contribution in [-0.4, -0.2) is 32.3 Å². The lowest BCUT2D eigenvalue weighted by atomic mass is 9.58. The van der Waals surface area contributed by atoms with E-state index < -0.39 is 18.3 Å². The molecule has 6 rings (SSSR count). The molecule has 7 nitrogen and oxygen atoms in total. The van der Waals surface area contributed by atoms with E-state index >= 15 is 0 Å². The molecule has 0 radical (unpaired) electrons. The smallest absolute Gasteiger partial charge is 0.403 e. The molecule has 3 unspecified atom stereocenters. The second-order valence-electron chi connectivity index (χ2n) is 8.93. The van der Waals surface area contributed by atoms with E-state index in [9.17, 15) is 9.59 Å². The molecule has 2 bridgehead atoms. The Labute approximate surface area is 157 Å². The van der Waals surface area contributed by atoms with Crippen LogP contribution in [0.1, 0.15) is 57.3 Å². The largest absolute Gasteiger partial charge is 0.463 e. The number of nitrogens with zero attached hydrogens (tertiary/aromatic N) is 3. The van der Waals surface area contributed by atoms with Crippen LogP contribution >= 0.6 is 0 Å². The normalized spacial score (nSPS) is 29.7. The van der Waals surface area contributed by atoms with Crippen LogP contribution in [0, 0.1) is 0 Å². The Morgan fingerprint density at radius 1 is 0.963 bits per heavy atom. The van der Waals surface area contributed by atoms with Crippen molar-refractivity contribution in [1.29, 1.82) is 0 Å². The van der Waals surface area contributed by atoms with E-state index in [1.54, 1.807) is 9.36 Å². The lowest BCUT2D eigenvalue weighted by Crippen LogP contribution is -2.49. The van der Waals surface area contributed by atoms with Gasteiger partial charge in [0.15, 0.2) is 0 Å². The number of aromatic nitrogens is 3. The number of rotatable bonds is 1. The van der Waals surface area contributed by atoms with Gasteiger partial charge in [0.05, 0.1) is 23.3 Å². The Morgan fingerprint density at radius 2 is 1.52 bits per heavy atom. The molecule has 1 fully saturated rings. The Kier molecular flexibility index (Phi) is 3.20. The monoisotopic (exact) mass is 369 g/mol. The first-order valence-corrected chi connectivity index (χ1v) is 9.48. The van der Waals surface area contributed by atoms with Crippen LogP contribution in [0.5, 0.6) is 0 Å². The van der Waals surface area contributed by atoms with E-state index in [1.165, 1.54) is 11.6 Å². The maximum absolute atomic E-state index is 12.9. The molecule has 1 saturated heterocycles. The van der Waals surface area contributed by atoms with Gasteiger partial charge in [0.25, 0.3) is 0 Å². The predicted molar refractivity (Wildman–Crippen MR) is 101 cm³/mol. The van der Waals surface area contributed by atoms with Crippen molar-refractivity contribution in [2.45, 2.75) is 63.2 Å². The van der Waals surface area contributed by atoms with Gasteiger partial charge in [-0.05, 0) is 45.2 Å². The van der Waals surface area contributed by atoms with Gasteiger partial charge in [-0.2, -0.15) is 0 Å². The van der Waals surface area contributed by atoms with Crippen molar-refractivity contribution in [3.05, 3.63) is 56.4 Å². The maximum Gasteiger partial charge on any atom is 0.463 e. The Hall–Kier alpha value is -2.06. The fourth-order valence-electron chi connectivity index (χ4n) is 4.81. The maximum atomic E-state index is 12.9. The molecule has 8 heteroatoms. The molecular weight excluding hydrogens is 345 g/mol. The van der Waals surface area contributed by atoms with Crippen molar-refractivity contribution in [2.24, 2.45) is 7.05 Å². The number of fused-ring (bicyclic) bond motifs is 1. The van der Waals surface area contributed by atoms with E-state index in [0.29, 0.717) is 6.42 Å². The van der Waals surface area contributed by atoms with Crippen molar-refractivity contribution < 1.29 is 9.31 Å². The summed E-state index contributed by atoms with van der Waals surface area (Å²) in [4.78, 5) is 25.6. The lowest BCUT2D eigenvalue weighted by Gasteiger charge is -2.45. The van der Waals surface area contributed by atoms with Crippen molar-refractivity contribution in [2.75, 3.05) is 0 Å². The zero-order valence-corrected chi connectivity index (χ0v) is 16.3. The number of hydrogen-bond donors (Lipinski definition) is 0. The average molecular weight is 369 g/mol. The molecule has 0 spiro atoms. The zero-order valence-electron chi connectivity index (χ0n) is 16.3. The second kappa shape index (κ2) is 5.05. The van der Waals surface area contributed by atoms with Gasteiger partial charge >= 0.3 is 18.5 Å². The van der Waals surface area contributed by atoms with Crippen LogP contribution in [0.25, 0.3) is 0 Å². The minimum absolute atomic E-state index is 0.0366. The topological polar surface area (TPSA) is 67.4 Å². The van der Waals surface area contributed by atoms with Gasteiger partial charge in [-0.15, -0.1) is 0 Å². The van der Waals surface area contributed by atoms with Crippen LogP contribution < -0.4 is 11.4 Å². The molecular formula is C19H24BN3O4. The van der Waals surface area contributed by atoms with E-state index in [-0.39, 0.29) is 29.3 Å². The first kappa shape index (κ1) is 17.1. The van der Waals surface area contributed by atoms with Crippen molar-refractivity contribution >= 4 is 7.12 Å².